The zero-order valence-corrected chi connectivity index (χ0v) is 14.0. The van der Waals surface area contributed by atoms with Crippen molar-refractivity contribution in [2.45, 2.75) is 77.3 Å². The number of aliphatic carboxylic acids is 1. The van der Waals surface area contributed by atoms with Crippen LogP contribution in [0, 0.1) is 6.92 Å². The van der Waals surface area contributed by atoms with E-state index in [0.717, 1.165) is 31.4 Å². The van der Waals surface area contributed by atoms with Gasteiger partial charge in [-0.2, -0.15) is 5.10 Å². The van der Waals surface area contributed by atoms with E-state index in [2.05, 4.69) is 10.4 Å². The van der Waals surface area contributed by atoms with Crippen molar-refractivity contribution in [2.24, 2.45) is 0 Å². The fourth-order valence-electron chi connectivity index (χ4n) is 3.24. The molecule has 23 heavy (non-hydrogen) atoms. The molecule has 2 rings (SSSR count). The minimum absolute atomic E-state index is 0.340. The zero-order valence-electron chi connectivity index (χ0n) is 14.0. The minimum Gasteiger partial charge on any atom is -0.480 e. The van der Waals surface area contributed by atoms with Gasteiger partial charge in [-0.15, -0.1) is 0 Å². The van der Waals surface area contributed by atoms with Gasteiger partial charge in [0.25, 0.3) is 5.91 Å². The minimum atomic E-state index is -0.982. The quantitative estimate of drug-likeness (QED) is 0.808. The molecule has 0 saturated heterocycles. The highest BCUT2D eigenvalue weighted by atomic mass is 16.4. The second kappa shape index (κ2) is 8.13. The van der Waals surface area contributed by atoms with E-state index >= 15 is 0 Å². The Hall–Kier alpha value is -1.85. The summed E-state index contributed by atoms with van der Waals surface area (Å²) in [6.45, 7) is 3.89. The van der Waals surface area contributed by atoms with Crippen LogP contribution in [0.1, 0.15) is 80.4 Å². The van der Waals surface area contributed by atoms with Gasteiger partial charge in [0.1, 0.15) is 6.04 Å². The highest BCUT2D eigenvalue weighted by molar-refractivity contribution is 5.97. The average Bonchev–Trinajstić information content (AvgIpc) is 2.93. The van der Waals surface area contributed by atoms with Gasteiger partial charge in [-0.1, -0.05) is 39.0 Å². The van der Waals surface area contributed by atoms with Crippen LogP contribution < -0.4 is 5.32 Å². The van der Waals surface area contributed by atoms with E-state index in [-0.39, 0.29) is 5.91 Å². The third kappa shape index (κ3) is 4.33. The summed E-state index contributed by atoms with van der Waals surface area (Å²) in [6.07, 6.45) is 9.55. The molecule has 1 atom stereocenters. The van der Waals surface area contributed by atoms with Crippen LogP contribution in [0.3, 0.4) is 0 Å². The first-order valence-corrected chi connectivity index (χ1v) is 8.62. The van der Waals surface area contributed by atoms with Crippen LogP contribution in [-0.4, -0.2) is 32.8 Å². The molecular weight excluding hydrogens is 294 g/mol. The van der Waals surface area contributed by atoms with Gasteiger partial charge in [0.15, 0.2) is 0 Å². The second-order valence-corrected chi connectivity index (χ2v) is 6.39. The fraction of sp³-hybridized carbons (Fsp3) is 0.706. The number of amides is 1. The molecule has 6 heteroatoms. The van der Waals surface area contributed by atoms with Crippen molar-refractivity contribution in [1.82, 2.24) is 15.1 Å². The van der Waals surface area contributed by atoms with Crippen molar-refractivity contribution in [3.05, 3.63) is 17.5 Å². The van der Waals surface area contributed by atoms with Crippen LogP contribution >= 0.6 is 0 Å². The van der Waals surface area contributed by atoms with E-state index in [0.29, 0.717) is 18.0 Å². The van der Waals surface area contributed by atoms with Crippen LogP contribution in [0.2, 0.25) is 0 Å². The van der Waals surface area contributed by atoms with Crippen molar-refractivity contribution in [3.8, 4) is 0 Å². The number of hydrogen-bond acceptors (Lipinski definition) is 3. The summed E-state index contributed by atoms with van der Waals surface area (Å²) in [6, 6.07) is -0.472. The maximum Gasteiger partial charge on any atom is 0.326 e. The Kier molecular flexibility index (Phi) is 6.19. The van der Waals surface area contributed by atoms with E-state index in [1.165, 1.54) is 19.3 Å². The smallest absolute Gasteiger partial charge is 0.326 e. The van der Waals surface area contributed by atoms with E-state index in [4.69, 9.17) is 0 Å². The largest absolute Gasteiger partial charge is 0.480 e. The summed E-state index contributed by atoms with van der Waals surface area (Å²) in [4.78, 5) is 23.7. The van der Waals surface area contributed by atoms with Crippen LogP contribution in [0.5, 0.6) is 0 Å². The summed E-state index contributed by atoms with van der Waals surface area (Å²) < 4.78 is 1.94. The predicted molar refractivity (Wildman–Crippen MR) is 87.5 cm³/mol. The first-order chi connectivity index (χ1) is 11.0. The number of hydrogen-bond donors (Lipinski definition) is 2. The summed E-state index contributed by atoms with van der Waals surface area (Å²) in [7, 11) is 0. The van der Waals surface area contributed by atoms with Crippen LogP contribution in [0.4, 0.5) is 0 Å². The maximum absolute atomic E-state index is 12.4. The number of carbonyl (C=O) groups is 2. The van der Waals surface area contributed by atoms with E-state index in [1.54, 1.807) is 6.20 Å². The number of rotatable bonds is 7. The maximum atomic E-state index is 12.4. The lowest BCUT2D eigenvalue weighted by Crippen LogP contribution is -2.40. The van der Waals surface area contributed by atoms with Crippen LogP contribution in [0.25, 0.3) is 0 Å². The lowest BCUT2D eigenvalue weighted by atomic mass is 9.95. The average molecular weight is 321 g/mol. The number of carboxylic acids is 1. The Balaban J connectivity index is 2.07. The Morgan fingerprint density at radius 3 is 2.70 bits per heavy atom. The molecular formula is C17H27N3O3. The molecule has 2 N–H and O–H groups in total. The summed E-state index contributed by atoms with van der Waals surface area (Å²) >= 11 is 0. The van der Waals surface area contributed by atoms with Crippen molar-refractivity contribution >= 4 is 11.9 Å². The Bertz CT molecular complexity index is 547. The summed E-state index contributed by atoms with van der Waals surface area (Å²) in [5, 5.41) is 16.3. The highest BCUT2D eigenvalue weighted by Gasteiger charge is 2.24. The van der Waals surface area contributed by atoms with Crippen molar-refractivity contribution in [3.63, 3.8) is 0 Å². The lowest BCUT2D eigenvalue weighted by molar-refractivity contribution is -0.139. The van der Waals surface area contributed by atoms with Gasteiger partial charge in [-0.3, -0.25) is 9.48 Å². The zero-order chi connectivity index (χ0) is 16.8. The van der Waals surface area contributed by atoms with Gasteiger partial charge < -0.3 is 10.4 Å². The van der Waals surface area contributed by atoms with Crippen molar-refractivity contribution < 1.29 is 14.7 Å². The molecule has 1 aromatic heterocycles. The molecule has 0 aromatic carbocycles. The molecule has 1 aliphatic rings. The van der Waals surface area contributed by atoms with Gasteiger partial charge in [-0.05, 0) is 26.2 Å². The fourth-order valence-corrected chi connectivity index (χ4v) is 3.24. The highest BCUT2D eigenvalue weighted by Crippen LogP contribution is 2.29. The normalized spacial score (nSPS) is 17.0. The number of aromatic nitrogens is 2. The molecule has 1 amide bonds. The number of nitrogens with zero attached hydrogens (tertiary/aromatic N) is 2. The molecule has 1 unspecified atom stereocenters. The third-order valence-corrected chi connectivity index (χ3v) is 4.66. The standard InChI is InChI=1S/C17H27N3O3/c1-3-4-10-15(17(22)23)19-16(21)14-11-18-20(12(14)2)13-8-6-5-7-9-13/h11,13,15H,3-10H2,1-2H3,(H,19,21)(H,22,23). The van der Waals surface area contributed by atoms with Crippen LogP contribution in [-0.2, 0) is 4.79 Å². The Morgan fingerprint density at radius 1 is 1.39 bits per heavy atom. The number of carboxylic acid groups (broad SMARTS) is 1. The molecule has 1 saturated carbocycles. The number of carbonyl (C=O) groups excluding carboxylic acids is 1. The molecule has 0 spiro atoms. The van der Waals surface area contributed by atoms with Gasteiger partial charge in [-0.25, -0.2) is 4.79 Å². The molecule has 1 aliphatic carbocycles. The van der Waals surface area contributed by atoms with Gasteiger partial charge in [0.2, 0.25) is 0 Å². The topological polar surface area (TPSA) is 84.2 Å². The predicted octanol–water partition coefficient (Wildman–Crippen LogP) is 3.07. The SMILES string of the molecule is CCCCC(NC(=O)c1cnn(C2CCCCC2)c1C)C(=O)O. The number of nitrogens with one attached hydrogen (secondary N) is 1. The first kappa shape index (κ1) is 17.5. The van der Waals surface area contributed by atoms with E-state index in [9.17, 15) is 14.7 Å². The summed E-state index contributed by atoms with van der Waals surface area (Å²) in [5.74, 6) is -1.32. The molecule has 1 heterocycles. The molecule has 128 valence electrons. The lowest BCUT2D eigenvalue weighted by Gasteiger charge is -2.23. The van der Waals surface area contributed by atoms with Crippen molar-refractivity contribution in [2.75, 3.05) is 0 Å². The van der Waals surface area contributed by atoms with Gasteiger partial charge in [0, 0.05) is 5.69 Å². The van der Waals surface area contributed by atoms with E-state index in [1.807, 2.05) is 18.5 Å². The van der Waals surface area contributed by atoms with Gasteiger partial charge in [0.05, 0.1) is 17.8 Å². The molecule has 1 aromatic rings. The third-order valence-electron chi connectivity index (χ3n) is 4.66. The molecule has 1 fully saturated rings. The summed E-state index contributed by atoms with van der Waals surface area (Å²) in [5.41, 5.74) is 1.31. The van der Waals surface area contributed by atoms with Gasteiger partial charge >= 0.3 is 5.97 Å². The second-order valence-electron chi connectivity index (χ2n) is 6.39. The van der Waals surface area contributed by atoms with Crippen LogP contribution in [0.15, 0.2) is 6.20 Å². The van der Waals surface area contributed by atoms with E-state index < -0.39 is 12.0 Å². The molecule has 0 bridgehead atoms. The number of unbranched alkanes of at least 4 members (excludes halogenated alkanes) is 1. The molecule has 0 radical (unpaired) electrons. The van der Waals surface area contributed by atoms with Crippen molar-refractivity contribution in [1.29, 1.82) is 0 Å². The molecule has 0 aliphatic heterocycles. The monoisotopic (exact) mass is 321 g/mol. The molecule has 6 nitrogen and oxygen atoms in total. The first-order valence-electron chi connectivity index (χ1n) is 8.62. The Labute approximate surface area is 137 Å². The Morgan fingerprint density at radius 2 is 2.09 bits per heavy atom.